The number of hydrogen-bond donors (Lipinski definition) is 2. The molecule has 0 radical (unpaired) electrons. The van der Waals surface area contributed by atoms with Gasteiger partial charge in [0.15, 0.2) is 11.5 Å². The summed E-state index contributed by atoms with van der Waals surface area (Å²) in [5.74, 6) is 0.351. The first kappa shape index (κ1) is 18.6. The van der Waals surface area contributed by atoms with Crippen LogP contribution in [0, 0.1) is 0 Å². The van der Waals surface area contributed by atoms with Crippen LogP contribution in [0.2, 0.25) is 0 Å². The molecule has 0 aliphatic carbocycles. The molecule has 0 saturated carbocycles. The van der Waals surface area contributed by atoms with Crippen LogP contribution in [-0.2, 0) is 11.3 Å². The Bertz CT molecular complexity index is 533. The molecule has 0 unspecified atom stereocenters. The van der Waals surface area contributed by atoms with Crippen molar-refractivity contribution in [1.82, 2.24) is 10.2 Å². The van der Waals surface area contributed by atoms with Crippen molar-refractivity contribution in [2.24, 2.45) is 0 Å². The quantitative estimate of drug-likeness (QED) is 0.726. The van der Waals surface area contributed by atoms with E-state index in [-0.39, 0.29) is 19.0 Å². The number of rotatable bonds is 9. The second kappa shape index (κ2) is 9.55. The number of urea groups is 1. The minimum Gasteiger partial charge on any atom is -0.493 e. The van der Waals surface area contributed by atoms with Crippen molar-refractivity contribution in [2.45, 2.75) is 26.3 Å². The van der Waals surface area contributed by atoms with Gasteiger partial charge in [0, 0.05) is 20.1 Å². The van der Waals surface area contributed by atoms with E-state index in [1.165, 1.54) is 4.90 Å². The largest absolute Gasteiger partial charge is 0.493 e. The number of carboxylic acid groups (broad SMARTS) is 1. The maximum absolute atomic E-state index is 11.9. The first-order valence-electron chi connectivity index (χ1n) is 7.48. The number of amides is 2. The topological polar surface area (TPSA) is 88.1 Å². The third-order valence-corrected chi connectivity index (χ3v) is 3.14. The zero-order chi connectivity index (χ0) is 17.2. The van der Waals surface area contributed by atoms with Crippen molar-refractivity contribution in [1.29, 1.82) is 0 Å². The average molecular weight is 324 g/mol. The first-order valence-corrected chi connectivity index (χ1v) is 7.48. The molecular formula is C16H24N2O5. The number of methoxy groups -OCH3 is 1. The van der Waals surface area contributed by atoms with Gasteiger partial charge in [0.05, 0.1) is 20.1 Å². The summed E-state index contributed by atoms with van der Waals surface area (Å²) < 4.78 is 10.9. The van der Waals surface area contributed by atoms with Gasteiger partial charge < -0.3 is 24.8 Å². The lowest BCUT2D eigenvalue weighted by Crippen LogP contribution is -2.37. The van der Waals surface area contributed by atoms with E-state index in [9.17, 15) is 9.59 Å². The lowest BCUT2D eigenvalue weighted by atomic mass is 10.2. The van der Waals surface area contributed by atoms with Crippen molar-refractivity contribution in [3.05, 3.63) is 23.8 Å². The van der Waals surface area contributed by atoms with Gasteiger partial charge in [-0.1, -0.05) is 13.0 Å². The third-order valence-electron chi connectivity index (χ3n) is 3.14. The molecule has 2 N–H and O–H groups in total. The summed E-state index contributed by atoms with van der Waals surface area (Å²) in [7, 11) is 3.12. The van der Waals surface area contributed by atoms with Gasteiger partial charge >= 0.3 is 12.0 Å². The van der Waals surface area contributed by atoms with E-state index in [1.807, 2.05) is 25.1 Å². The molecule has 7 nitrogen and oxygen atoms in total. The fourth-order valence-electron chi connectivity index (χ4n) is 1.83. The number of carboxylic acids is 1. The van der Waals surface area contributed by atoms with Gasteiger partial charge in [0.25, 0.3) is 0 Å². The lowest BCUT2D eigenvalue weighted by Gasteiger charge is -2.17. The van der Waals surface area contributed by atoms with E-state index in [1.54, 1.807) is 14.2 Å². The highest BCUT2D eigenvalue weighted by Gasteiger charge is 2.11. The maximum Gasteiger partial charge on any atom is 0.317 e. The molecule has 1 aromatic rings. The van der Waals surface area contributed by atoms with E-state index in [4.69, 9.17) is 14.6 Å². The first-order chi connectivity index (χ1) is 11.0. The molecule has 2 amide bonds. The molecule has 23 heavy (non-hydrogen) atoms. The molecule has 0 heterocycles. The van der Waals surface area contributed by atoms with Gasteiger partial charge in [-0.05, 0) is 24.1 Å². The number of nitrogens with one attached hydrogen (secondary N) is 1. The molecule has 0 aromatic heterocycles. The van der Waals surface area contributed by atoms with Crippen molar-refractivity contribution in [2.75, 3.05) is 27.3 Å². The maximum atomic E-state index is 11.9. The van der Waals surface area contributed by atoms with Crippen LogP contribution in [0.5, 0.6) is 11.5 Å². The number of carbonyl (C=O) groups excluding carboxylic acids is 1. The van der Waals surface area contributed by atoms with Crippen molar-refractivity contribution < 1.29 is 24.2 Å². The summed E-state index contributed by atoms with van der Waals surface area (Å²) in [5, 5.41) is 11.3. The number of carbonyl (C=O) groups is 2. The van der Waals surface area contributed by atoms with Crippen LogP contribution in [0.1, 0.15) is 25.3 Å². The monoisotopic (exact) mass is 324 g/mol. The summed E-state index contributed by atoms with van der Waals surface area (Å²) in [5.41, 5.74) is 0.866. The van der Waals surface area contributed by atoms with Crippen LogP contribution in [0.15, 0.2) is 18.2 Å². The molecule has 1 rings (SSSR count). The Morgan fingerprint density at radius 3 is 2.65 bits per heavy atom. The van der Waals surface area contributed by atoms with Crippen molar-refractivity contribution >= 4 is 12.0 Å². The van der Waals surface area contributed by atoms with Gasteiger partial charge in [0.2, 0.25) is 0 Å². The molecule has 0 aliphatic heterocycles. The van der Waals surface area contributed by atoms with Gasteiger partial charge in [-0.25, -0.2) is 4.79 Å². The third kappa shape index (κ3) is 6.46. The number of aliphatic carboxylic acids is 1. The summed E-state index contributed by atoms with van der Waals surface area (Å²) in [6.07, 6.45) is 0.824. The second-order valence-corrected chi connectivity index (χ2v) is 5.06. The molecule has 7 heteroatoms. The molecule has 0 fully saturated rings. The smallest absolute Gasteiger partial charge is 0.317 e. The Labute approximate surface area is 136 Å². The van der Waals surface area contributed by atoms with Crippen LogP contribution in [0.3, 0.4) is 0 Å². The molecular weight excluding hydrogens is 300 g/mol. The molecule has 0 aliphatic rings. The number of nitrogens with zero attached hydrogens (tertiary/aromatic N) is 1. The van der Waals surface area contributed by atoms with E-state index in [0.29, 0.717) is 24.7 Å². The van der Waals surface area contributed by atoms with E-state index < -0.39 is 5.97 Å². The number of ether oxygens (including phenoxy) is 2. The second-order valence-electron chi connectivity index (χ2n) is 5.06. The highest BCUT2D eigenvalue weighted by atomic mass is 16.5. The zero-order valence-electron chi connectivity index (χ0n) is 13.8. The van der Waals surface area contributed by atoms with Crippen LogP contribution in [0.25, 0.3) is 0 Å². The summed E-state index contributed by atoms with van der Waals surface area (Å²) >= 11 is 0. The Hall–Kier alpha value is -2.44. The van der Waals surface area contributed by atoms with Crippen molar-refractivity contribution in [3.63, 3.8) is 0 Å². The predicted octanol–water partition coefficient (Wildman–Crippen LogP) is 2.10. The fraction of sp³-hybridized carbons (Fsp3) is 0.500. The van der Waals surface area contributed by atoms with Gasteiger partial charge in [-0.2, -0.15) is 0 Å². The van der Waals surface area contributed by atoms with E-state index >= 15 is 0 Å². The Morgan fingerprint density at radius 1 is 1.30 bits per heavy atom. The zero-order valence-corrected chi connectivity index (χ0v) is 13.8. The van der Waals surface area contributed by atoms with Gasteiger partial charge in [-0.15, -0.1) is 0 Å². The predicted molar refractivity (Wildman–Crippen MR) is 85.9 cm³/mol. The summed E-state index contributed by atoms with van der Waals surface area (Å²) in [6.45, 7) is 3.12. The SMILES string of the molecule is CCCOc1ccc(CNC(=O)N(C)CCC(=O)O)cc1OC. The number of benzene rings is 1. The summed E-state index contributed by atoms with van der Waals surface area (Å²) in [6, 6.07) is 5.15. The molecule has 0 spiro atoms. The van der Waals surface area contributed by atoms with Crippen LogP contribution < -0.4 is 14.8 Å². The Kier molecular flexibility index (Phi) is 7.73. The van der Waals surface area contributed by atoms with E-state index in [2.05, 4.69) is 5.32 Å². The molecule has 0 saturated heterocycles. The van der Waals surface area contributed by atoms with Crippen LogP contribution in [0.4, 0.5) is 4.79 Å². The van der Waals surface area contributed by atoms with Crippen molar-refractivity contribution in [3.8, 4) is 11.5 Å². The summed E-state index contributed by atoms with van der Waals surface area (Å²) in [4.78, 5) is 23.7. The molecule has 1 aromatic carbocycles. The normalized spacial score (nSPS) is 10.0. The minimum atomic E-state index is -0.933. The standard InChI is InChI=1S/C16H24N2O5/c1-4-9-23-13-6-5-12(10-14(13)22-3)11-17-16(21)18(2)8-7-15(19)20/h5-6,10H,4,7-9,11H2,1-3H3,(H,17,21)(H,19,20). The average Bonchev–Trinajstić information content (AvgIpc) is 2.55. The Balaban J connectivity index is 2.56. The number of hydrogen-bond acceptors (Lipinski definition) is 4. The van der Waals surface area contributed by atoms with Gasteiger partial charge in [-0.3, -0.25) is 4.79 Å². The van der Waals surface area contributed by atoms with Crippen LogP contribution in [-0.4, -0.2) is 49.3 Å². The molecule has 128 valence electrons. The van der Waals surface area contributed by atoms with E-state index in [0.717, 1.165) is 12.0 Å². The van der Waals surface area contributed by atoms with Gasteiger partial charge in [0.1, 0.15) is 0 Å². The lowest BCUT2D eigenvalue weighted by molar-refractivity contribution is -0.137. The van der Waals surface area contributed by atoms with Crippen LogP contribution >= 0.6 is 0 Å². The molecule has 0 bridgehead atoms. The highest BCUT2D eigenvalue weighted by molar-refractivity contribution is 5.75. The minimum absolute atomic E-state index is 0.0821. The Morgan fingerprint density at radius 2 is 2.04 bits per heavy atom. The molecule has 0 atom stereocenters. The fourth-order valence-corrected chi connectivity index (χ4v) is 1.83. The highest BCUT2D eigenvalue weighted by Crippen LogP contribution is 2.28.